The minimum atomic E-state index is -0.0970. The van der Waals surface area contributed by atoms with Gasteiger partial charge in [0, 0.05) is 63.4 Å². The number of nitrogens with one attached hydrogen (secondary N) is 2. The molecule has 1 aromatic carbocycles. The minimum absolute atomic E-state index is 0.0927. The summed E-state index contributed by atoms with van der Waals surface area (Å²) in [7, 11) is 3.41. The van der Waals surface area contributed by atoms with Crippen LogP contribution in [0.15, 0.2) is 48.8 Å². The van der Waals surface area contributed by atoms with Crippen LogP contribution in [0, 0.1) is 0 Å². The van der Waals surface area contributed by atoms with E-state index in [4.69, 9.17) is 0 Å². The smallest absolute Gasteiger partial charge is 0.253 e. The minimum Gasteiger partial charge on any atom is -0.345 e. The normalized spacial score (nSPS) is 17.3. The molecule has 1 aliphatic rings. The third kappa shape index (κ3) is 4.90. The van der Waals surface area contributed by atoms with Crippen LogP contribution in [0.1, 0.15) is 22.0 Å². The Kier molecular flexibility index (Phi) is 6.16. The summed E-state index contributed by atoms with van der Waals surface area (Å²) in [5, 5.41) is 6.28. The lowest BCUT2D eigenvalue weighted by molar-refractivity contribution is -0.118. The van der Waals surface area contributed by atoms with Gasteiger partial charge in [0.05, 0.1) is 6.54 Å². The Bertz CT molecular complexity index is 794. The summed E-state index contributed by atoms with van der Waals surface area (Å²) in [5.74, 6) is -0.190. The maximum Gasteiger partial charge on any atom is 0.253 e. The van der Waals surface area contributed by atoms with Gasteiger partial charge < -0.3 is 15.5 Å². The van der Waals surface area contributed by atoms with Gasteiger partial charge in [-0.05, 0) is 29.8 Å². The zero-order valence-electron chi connectivity index (χ0n) is 15.7. The molecule has 1 unspecified atom stereocenters. The van der Waals surface area contributed by atoms with E-state index in [1.54, 1.807) is 44.6 Å². The molecule has 2 N–H and O–H groups in total. The molecule has 0 spiro atoms. The van der Waals surface area contributed by atoms with Crippen molar-refractivity contribution < 1.29 is 9.59 Å². The summed E-state index contributed by atoms with van der Waals surface area (Å²) in [6, 6.07) is 11.1. The highest BCUT2D eigenvalue weighted by molar-refractivity contribution is 5.97. The van der Waals surface area contributed by atoms with Crippen molar-refractivity contribution in [2.75, 3.05) is 45.6 Å². The number of carbonyl (C=O) groups excluding carboxylic acids is 2. The molecular formula is C20H25N5O2. The number of rotatable bonds is 5. The first-order valence-electron chi connectivity index (χ1n) is 9.01. The van der Waals surface area contributed by atoms with Gasteiger partial charge in [-0.25, -0.2) is 0 Å². The van der Waals surface area contributed by atoms with E-state index in [9.17, 15) is 9.59 Å². The Morgan fingerprint density at radius 3 is 2.89 bits per heavy atom. The van der Waals surface area contributed by atoms with Gasteiger partial charge >= 0.3 is 0 Å². The molecule has 1 aliphatic heterocycles. The summed E-state index contributed by atoms with van der Waals surface area (Å²) < 4.78 is 0. The van der Waals surface area contributed by atoms with Gasteiger partial charge in [0.1, 0.15) is 0 Å². The van der Waals surface area contributed by atoms with Crippen molar-refractivity contribution in [3.05, 3.63) is 59.9 Å². The fraction of sp³-hybridized carbons (Fsp3) is 0.350. The molecule has 0 radical (unpaired) electrons. The summed E-state index contributed by atoms with van der Waals surface area (Å²) in [4.78, 5) is 32.5. The summed E-state index contributed by atoms with van der Waals surface area (Å²) >= 11 is 0. The van der Waals surface area contributed by atoms with Crippen molar-refractivity contribution in [2.24, 2.45) is 0 Å². The second-order valence-electron chi connectivity index (χ2n) is 6.81. The topological polar surface area (TPSA) is 77.6 Å². The molecule has 2 heterocycles. The van der Waals surface area contributed by atoms with Crippen LogP contribution >= 0.6 is 0 Å². The van der Waals surface area contributed by atoms with Crippen molar-refractivity contribution >= 4 is 17.5 Å². The van der Waals surface area contributed by atoms with Gasteiger partial charge in [0.2, 0.25) is 5.91 Å². The van der Waals surface area contributed by atoms with E-state index >= 15 is 0 Å². The molecule has 7 nitrogen and oxygen atoms in total. The van der Waals surface area contributed by atoms with Crippen LogP contribution in [0.5, 0.6) is 0 Å². The number of piperazine rings is 1. The predicted molar refractivity (Wildman–Crippen MR) is 105 cm³/mol. The average Bonchev–Trinajstić information content (AvgIpc) is 2.68. The first-order valence-corrected chi connectivity index (χ1v) is 9.01. The Morgan fingerprint density at radius 2 is 2.15 bits per heavy atom. The Balaban J connectivity index is 1.66. The van der Waals surface area contributed by atoms with Crippen LogP contribution in [0.2, 0.25) is 0 Å². The Morgan fingerprint density at radius 1 is 1.30 bits per heavy atom. The van der Waals surface area contributed by atoms with Gasteiger partial charge in [0.15, 0.2) is 0 Å². The number of aromatic nitrogens is 1. The molecule has 1 atom stereocenters. The van der Waals surface area contributed by atoms with Crippen LogP contribution in [-0.2, 0) is 4.79 Å². The molecule has 2 aromatic rings. The summed E-state index contributed by atoms with van der Waals surface area (Å²) in [5.41, 5.74) is 2.27. The quantitative estimate of drug-likeness (QED) is 0.835. The second kappa shape index (κ2) is 8.75. The fourth-order valence-electron chi connectivity index (χ4n) is 3.21. The maximum atomic E-state index is 12.6. The second-order valence-corrected chi connectivity index (χ2v) is 6.81. The van der Waals surface area contributed by atoms with E-state index < -0.39 is 0 Å². The highest BCUT2D eigenvalue weighted by Crippen LogP contribution is 2.21. The molecule has 142 valence electrons. The summed E-state index contributed by atoms with van der Waals surface area (Å²) in [6.45, 7) is 2.70. The number of anilines is 1. The summed E-state index contributed by atoms with van der Waals surface area (Å²) in [6.07, 6.45) is 3.59. The number of hydrogen-bond donors (Lipinski definition) is 2. The van der Waals surface area contributed by atoms with Crippen molar-refractivity contribution in [3.63, 3.8) is 0 Å². The number of benzene rings is 1. The van der Waals surface area contributed by atoms with E-state index in [2.05, 4.69) is 20.5 Å². The SMILES string of the molecule is CN(C)C(=O)c1cccc(NC(=O)CN2CCNCC2c2cccnc2)c1. The van der Waals surface area contributed by atoms with Gasteiger partial charge in [-0.2, -0.15) is 0 Å². The van der Waals surface area contributed by atoms with Crippen molar-refractivity contribution in [1.82, 2.24) is 20.1 Å². The van der Waals surface area contributed by atoms with Gasteiger partial charge in [-0.3, -0.25) is 19.5 Å². The molecule has 3 rings (SSSR count). The van der Waals surface area contributed by atoms with Crippen LogP contribution in [0.3, 0.4) is 0 Å². The Hall–Kier alpha value is -2.77. The van der Waals surface area contributed by atoms with Gasteiger partial charge in [-0.15, -0.1) is 0 Å². The maximum absolute atomic E-state index is 12.6. The first-order chi connectivity index (χ1) is 13.0. The molecule has 0 bridgehead atoms. The Labute approximate surface area is 159 Å². The lowest BCUT2D eigenvalue weighted by Gasteiger charge is -2.35. The fourth-order valence-corrected chi connectivity index (χ4v) is 3.21. The molecule has 2 amide bonds. The number of nitrogens with zero attached hydrogens (tertiary/aromatic N) is 3. The predicted octanol–water partition coefficient (Wildman–Crippen LogP) is 1.37. The lowest BCUT2D eigenvalue weighted by atomic mass is 10.1. The highest BCUT2D eigenvalue weighted by Gasteiger charge is 2.25. The van der Waals surface area contributed by atoms with Crippen LogP contribution < -0.4 is 10.6 Å². The van der Waals surface area contributed by atoms with Crippen molar-refractivity contribution in [2.45, 2.75) is 6.04 Å². The number of hydrogen-bond acceptors (Lipinski definition) is 5. The van der Waals surface area contributed by atoms with E-state index in [1.165, 1.54) is 4.90 Å². The number of pyridine rings is 1. The number of carbonyl (C=O) groups is 2. The standard InChI is InChI=1S/C20H25N5O2/c1-24(2)20(27)15-5-3-7-17(11-15)23-19(26)14-25-10-9-22-13-18(25)16-6-4-8-21-12-16/h3-8,11-12,18,22H,9-10,13-14H2,1-2H3,(H,23,26). The molecule has 7 heteroatoms. The van der Waals surface area contributed by atoms with Crippen molar-refractivity contribution in [1.29, 1.82) is 0 Å². The van der Waals surface area contributed by atoms with Gasteiger partial charge in [-0.1, -0.05) is 12.1 Å². The third-order valence-corrected chi connectivity index (χ3v) is 4.57. The first kappa shape index (κ1) is 19.0. The average molecular weight is 367 g/mol. The van der Waals surface area contributed by atoms with Crippen LogP contribution in [0.25, 0.3) is 0 Å². The zero-order valence-corrected chi connectivity index (χ0v) is 15.7. The molecule has 1 fully saturated rings. The van der Waals surface area contributed by atoms with Crippen molar-refractivity contribution in [3.8, 4) is 0 Å². The number of amides is 2. The molecule has 0 saturated carbocycles. The molecular weight excluding hydrogens is 342 g/mol. The largest absolute Gasteiger partial charge is 0.345 e. The molecule has 27 heavy (non-hydrogen) atoms. The van der Waals surface area contributed by atoms with E-state index in [1.807, 2.05) is 18.3 Å². The highest BCUT2D eigenvalue weighted by atomic mass is 16.2. The molecule has 1 saturated heterocycles. The molecule has 0 aliphatic carbocycles. The lowest BCUT2D eigenvalue weighted by Crippen LogP contribution is -2.48. The van der Waals surface area contributed by atoms with Crippen LogP contribution in [-0.4, -0.2) is 66.9 Å². The van der Waals surface area contributed by atoms with Crippen LogP contribution in [0.4, 0.5) is 5.69 Å². The van der Waals surface area contributed by atoms with E-state index in [-0.39, 0.29) is 24.4 Å². The monoisotopic (exact) mass is 367 g/mol. The molecule has 1 aromatic heterocycles. The third-order valence-electron chi connectivity index (χ3n) is 4.57. The zero-order chi connectivity index (χ0) is 19.2. The van der Waals surface area contributed by atoms with Gasteiger partial charge in [0.25, 0.3) is 5.91 Å². The van der Waals surface area contributed by atoms with E-state index in [0.29, 0.717) is 11.3 Å². The van der Waals surface area contributed by atoms with E-state index in [0.717, 1.165) is 25.2 Å².